The molecule has 0 radical (unpaired) electrons. The number of carbonyl (C=O) groups excluding carboxylic acids is 2. The van der Waals surface area contributed by atoms with Gasteiger partial charge in [-0.2, -0.15) is 0 Å². The molecule has 0 aliphatic carbocycles. The number of rotatable bonds is 8. The quantitative estimate of drug-likeness (QED) is 0.409. The number of ether oxygens (including phenoxy) is 1. The predicted octanol–water partition coefficient (Wildman–Crippen LogP) is 1.26. The van der Waals surface area contributed by atoms with Crippen molar-refractivity contribution < 1.29 is 24.5 Å². The first-order chi connectivity index (χ1) is 12.9. The number of nitrogens with two attached hydrogens (primary N) is 1. The topological polar surface area (TPSA) is 122 Å². The van der Waals surface area contributed by atoms with Crippen molar-refractivity contribution in [2.45, 2.75) is 31.8 Å². The number of phenols is 2. The highest BCUT2D eigenvalue weighted by Crippen LogP contribution is 2.25. The minimum absolute atomic E-state index is 0.139. The zero-order chi connectivity index (χ0) is 19.8. The lowest BCUT2D eigenvalue weighted by Crippen LogP contribution is -2.50. The van der Waals surface area contributed by atoms with Crippen LogP contribution in [0.1, 0.15) is 18.1 Å². The van der Waals surface area contributed by atoms with E-state index in [9.17, 15) is 19.8 Å². The highest BCUT2D eigenvalue weighted by Gasteiger charge is 2.25. The average molecular weight is 372 g/mol. The van der Waals surface area contributed by atoms with Gasteiger partial charge in [-0.1, -0.05) is 36.4 Å². The van der Waals surface area contributed by atoms with Gasteiger partial charge in [0.05, 0.1) is 12.6 Å². The monoisotopic (exact) mass is 372 g/mol. The second-order valence-electron chi connectivity index (χ2n) is 6.14. The molecule has 2 rings (SSSR count). The molecule has 0 saturated heterocycles. The van der Waals surface area contributed by atoms with Gasteiger partial charge in [0.25, 0.3) is 0 Å². The van der Waals surface area contributed by atoms with Crippen LogP contribution in [0, 0.1) is 0 Å². The Labute approximate surface area is 157 Å². The van der Waals surface area contributed by atoms with Gasteiger partial charge in [-0.25, -0.2) is 4.79 Å². The summed E-state index contributed by atoms with van der Waals surface area (Å²) in [6.45, 7) is 1.90. The molecule has 0 bridgehead atoms. The van der Waals surface area contributed by atoms with Crippen molar-refractivity contribution >= 4 is 11.9 Å². The molecule has 0 fully saturated rings. The van der Waals surface area contributed by atoms with Crippen LogP contribution < -0.4 is 11.1 Å². The SMILES string of the molecule is CCOC(=O)[C@H](Cc1ccccc1)NC(=O)[C@@H](N)Cc1ccc(O)c(O)c1. The minimum atomic E-state index is -0.929. The summed E-state index contributed by atoms with van der Waals surface area (Å²) in [7, 11) is 0. The molecule has 7 nitrogen and oxygen atoms in total. The van der Waals surface area contributed by atoms with Crippen LogP contribution in [-0.4, -0.2) is 40.8 Å². The number of hydrogen-bond donors (Lipinski definition) is 4. The fourth-order valence-electron chi connectivity index (χ4n) is 2.61. The maximum Gasteiger partial charge on any atom is 0.328 e. The van der Waals surface area contributed by atoms with Crippen molar-refractivity contribution in [2.24, 2.45) is 5.73 Å². The first-order valence-electron chi connectivity index (χ1n) is 8.68. The molecule has 0 unspecified atom stereocenters. The molecule has 27 heavy (non-hydrogen) atoms. The second-order valence-corrected chi connectivity index (χ2v) is 6.14. The van der Waals surface area contributed by atoms with Crippen molar-refractivity contribution in [1.29, 1.82) is 0 Å². The lowest BCUT2D eigenvalue weighted by molar-refractivity contribution is -0.147. The molecule has 0 aliphatic rings. The summed E-state index contributed by atoms with van der Waals surface area (Å²) >= 11 is 0. The molecule has 0 spiro atoms. The Bertz CT molecular complexity index is 779. The zero-order valence-electron chi connectivity index (χ0n) is 15.1. The highest BCUT2D eigenvalue weighted by molar-refractivity contribution is 5.87. The lowest BCUT2D eigenvalue weighted by atomic mass is 10.0. The molecule has 1 amide bonds. The van der Waals surface area contributed by atoms with Gasteiger partial charge in [0.15, 0.2) is 11.5 Å². The fraction of sp³-hybridized carbons (Fsp3) is 0.300. The summed E-state index contributed by atoms with van der Waals surface area (Å²) in [5.74, 6) is -1.56. The van der Waals surface area contributed by atoms with Crippen LogP contribution >= 0.6 is 0 Å². The van der Waals surface area contributed by atoms with Crippen molar-refractivity contribution in [2.75, 3.05) is 6.61 Å². The third-order valence-corrected chi connectivity index (χ3v) is 4.00. The molecule has 2 atom stereocenters. The number of amides is 1. The standard InChI is InChI=1S/C20H24N2O5/c1-2-27-20(26)16(11-13-6-4-3-5-7-13)22-19(25)15(21)10-14-8-9-17(23)18(24)12-14/h3-9,12,15-16,23-24H,2,10-11,21H2,1H3,(H,22,25)/t15-,16-/m0/s1. The van der Waals surface area contributed by atoms with Crippen LogP contribution in [-0.2, 0) is 27.2 Å². The molecule has 0 saturated carbocycles. The van der Waals surface area contributed by atoms with Gasteiger partial charge in [0.1, 0.15) is 6.04 Å². The normalized spacial score (nSPS) is 12.8. The largest absolute Gasteiger partial charge is 0.504 e. The first kappa shape index (κ1) is 20.3. The van der Waals surface area contributed by atoms with Crippen LogP contribution in [0.15, 0.2) is 48.5 Å². The van der Waals surface area contributed by atoms with E-state index in [-0.39, 0.29) is 30.9 Å². The average Bonchev–Trinajstić information content (AvgIpc) is 2.65. The summed E-state index contributed by atoms with van der Waals surface area (Å²) < 4.78 is 5.05. The molecule has 2 aromatic rings. The van der Waals surface area contributed by atoms with Crippen LogP contribution in [0.3, 0.4) is 0 Å². The number of hydrogen-bond acceptors (Lipinski definition) is 6. The van der Waals surface area contributed by atoms with Crippen molar-refractivity contribution in [3.63, 3.8) is 0 Å². The summed E-state index contributed by atoms with van der Waals surface area (Å²) in [6.07, 6.45) is 0.429. The van der Waals surface area contributed by atoms with Crippen molar-refractivity contribution in [3.8, 4) is 11.5 Å². The van der Waals surface area contributed by atoms with E-state index in [1.54, 1.807) is 13.0 Å². The van der Waals surface area contributed by atoms with Crippen molar-refractivity contribution in [3.05, 3.63) is 59.7 Å². The van der Waals surface area contributed by atoms with E-state index in [4.69, 9.17) is 10.5 Å². The van der Waals surface area contributed by atoms with Crippen LogP contribution in [0.2, 0.25) is 0 Å². The summed E-state index contributed by atoms with van der Waals surface area (Å²) in [4.78, 5) is 24.7. The number of carbonyl (C=O) groups is 2. The van der Waals surface area contributed by atoms with Gasteiger partial charge < -0.3 is 26.0 Å². The molecule has 2 aromatic carbocycles. The maximum atomic E-state index is 12.5. The Morgan fingerprint density at radius 1 is 1.04 bits per heavy atom. The van der Waals surface area contributed by atoms with E-state index in [0.29, 0.717) is 5.56 Å². The first-order valence-corrected chi connectivity index (χ1v) is 8.68. The van der Waals surface area contributed by atoms with E-state index in [1.807, 2.05) is 30.3 Å². The second kappa shape index (κ2) is 9.59. The zero-order valence-corrected chi connectivity index (χ0v) is 15.1. The summed E-state index contributed by atoms with van der Waals surface area (Å²) in [5.41, 5.74) is 7.41. The summed E-state index contributed by atoms with van der Waals surface area (Å²) in [6, 6.07) is 11.7. The predicted molar refractivity (Wildman–Crippen MR) is 100 cm³/mol. The van der Waals surface area contributed by atoms with Gasteiger partial charge in [-0.05, 0) is 36.6 Å². The molecule has 0 aromatic heterocycles. The molecular formula is C20H24N2O5. The molecule has 144 valence electrons. The number of nitrogens with one attached hydrogen (secondary N) is 1. The van der Waals surface area contributed by atoms with Crippen molar-refractivity contribution in [1.82, 2.24) is 5.32 Å². The van der Waals surface area contributed by atoms with Gasteiger partial charge >= 0.3 is 5.97 Å². The van der Waals surface area contributed by atoms with E-state index < -0.39 is 24.0 Å². The molecule has 0 heterocycles. The maximum absolute atomic E-state index is 12.5. The Morgan fingerprint density at radius 3 is 2.37 bits per heavy atom. The molecule has 5 N–H and O–H groups in total. The minimum Gasteiger partial charge on any atom is -0.504 e. The highest BCUT2D eigenvalue weighted by atomic mass is 16.5. The van der Waals surface area contributed by atoms with Crippen LogP contribution in [0.5, 0.6) is 11.5 Å². The molecule has 7 heteroatoms. The number of phenolic OH excluding ortho intramolecular Hbond substituents is 2. The van der Waals surface area contributed by atoms with Gasteiger partial charge in [-0.15, -0.1) is 0 Å². The van der Waals surface area contributed by atoms with E-state index in [0.717, 1.165) is 5.56 Å². The summed E-state index contributed by atoms with van der Waals surface area (Å²) in [5, 5.41) is 21.5. The molecule has 0 aliphatic heterocycles. The smallest absolute Gasteiger partial charge is 0.328 e. The Kier molecular flexibility index (Phi) is 7.19. The number of esters is 1. The third-order valence-electron chi connectivity index (χ3n) is 4.00. The van der Waals surface area contributed by atoms with Gasteiger partial charge in [0, 0.05) is 6.42 Å². The molecular weight excluding hydrogens is 348 g/mol. The van der Waals surface area contributed by atoms with Crippen LogP contribution in [0.4, 0.5) is 0 Å². The third kappa shape index (κ3) is 6.00. The number of benzene rings is 2. The fourth-order valence-corrected chi connectivity index (χ4v) is 2.61. The lowest BCUT2D eigenvalue weighted by Gasteiger charge is -2.20. The number of aromatic hydroxyl groups is 2. The Balaban J connectivity index is 2.04. The van der Waals surface area contributed by atoms with Gasteiger partial charge in [-0.3, -0.25) is 4.79 Å². The van der Waals surface area contributed by atoms with Gasteiger partial charge in [0.2, 0.25) is 5.91 Å². The van der Waals surface area contributed by atoms with E-state index >= 15 is 0 Å². The van der Waals surface area contributed by atoms with Crippen LogP contribution in [0.25, 0.3) is 0 Å². The van der Waals surface area contributed by atoms with E-state index in [1.165, 1.54) is 12.1 Å². The Morgan fingerprint density at radius 2 is 1.74 bits per heavy atom. The Hall–Kier alpha value is -3.06. The van der Waals surface area contributed by atoms with E-state index in [2.05, 4.69) is 5.32 Å².